The zero-order chi connectivity index (χ0) is 26.8. The molecule has 1 aromatic carbocycles. The molecule has 1 aromatic rings. The molecule has 5 nitrogen and oxygen atoms in total. The number of unbranched alkanes of at least 4 members (excludes halogenated alkanes) is 13. The van der Waals surface area contributed by atoms with Crippen molar-refractivity contribution in [2.75, 3.05) is 13.2 Å². The largest absolute Gasteiger partial charge is 0.463 e. The van der Waals surface area contributed by atoms with Crippen molar-refractivity contribution in [1.82, 2.24) is 0 Å². The predicted octanol–water partition coefficient (Wildman–Crippen LogP) is 7.96. The van der Waals surface area contributed by atoms with Gasteiger partial charge < -0.3 is 14.6 Å². The average molecular weight is 515 g/mol. The zero-order valence-corrected chi connectivity index (χ0v) is 23.1. The topological polar surface area (TPSA) is 72.8 Å². The number of ether oxygens (including phenoxy) is 2. The van der Waals surface area contributed by atoms with Gasteiger partial charge in [-0.25, -0.2) is 4.79 Å². The van der Waals surface area contributed by atoms with Crippen molar-refractivity contribution in [2.45, 2.75) is 116 Å². The van der Waals surface area contributed by atoms with Gasteiger partial charge in [0.2, 0.25) is 0 Å². The monoisotopic (exact) mass is 514 g/mol. The molecule has 0 spiro atoms. The molecule has 1 unspecified atom stereocenters. The highest BCUT2D eigenvalue weighted by atomic mass is 16.6. The molecule has 0 aliphatic carbocycles. The van der Waals surface area contributed by atoms with E-state index in [2.05, 4.69) is 19.1 Å². The third-order valence-electron chi connectivity index (χ3n) is 6.21. The Morgan fingerprint density at radius 2 is 1.30 bits per heavy atom. The van der Waals surface area contributed by atoms with Crippen LogP contribution in [0.1, 0.15) is 115 Å². The van der Waals surface area contributed by atoms with Gasteiger partial charge in [-0.15, -0.1) is 0 Å². The Labute approximate surface area is 225 Å². The van der Waals surface area contributed by atoms with Crippen LogP contribution in [0, 0.1) is 0 Å². The molecule has 1 N–H and O–H groups in total. The maximum absolute atomic E-state index is 11.8. The van der Waals surface area contributed by atoms with E-state index < -0.39 is 12.1 Å². The minimum atomic E-state index is -1.03. The van der Waals surface area contributed by atoms with E-state index in [0.717, 1.165) is 24.8 Å². The van der Waals surface area contributed by atoms with Crippen LogP contribution < -0.4 is 0 Å². The number of hydrogen-bond donors (Lipinski definition) is 1. The van der Waals surface area contributed by atoms with Crippen LogP contribution >= 0.6 is 0 Å². The molecule has 0 heterocycles. The van der Waals surface area contributed by atoms with Crippen LogP contribution in [0.2, 0.25) is 0 Å². The highest BCUT2D eigenvalue weighted by molar-refractivity contribution is 5.87. The average Bonchev–Trinajstić information content (AvgIpc) is 2.91. The second-order valence-corrected chi connectivity index (χ2v) is 9.75. The van der Waals surface area contributed by atoms with E-state index >= 15 is 0 Å². The van der Waals surface area contributed by atoms with Crippen LogP contribution in [0.25, 0.3) is 6.08 Å². The number of benzene rings is 1. The number of aliphatic hydroxyl groups excluding tert-OH is 1. The summed E-state index contributed by atoms with van der Waals surface area (Å²) in [5, 5.41) is 9.87. The number of carbonyl (C=O) groups excluding carboxylic acids is 2. The maximum atomic E-state index is 11.8. The first-order chi connectivity index (χ1) is 18.1. The summed E-state index contributed by atoms with van der Waals surface area (Å²) in [6, 6.07) is 9.39. The van der Waals surface area contributed by atoms with Gasteiger partial charge in [0, 0.05) is 12.5 Å². The molecular formula is C32H50O5. The lowest BCUT2D eigenvalue weighted by molar-refractivity contribution is -0.150. The van der Waals surface area contributed by atoms with Crippen LogP contribution in [0.15, 0.2) is 48.6 Å². The predicted molar refractivity (Wildman–Crippen MR) is 152 cm³/mol. The van der Waals surface area contributed by atoms with E-state index in [0.29, 0.717) is 6.42 Å². The van der Waals surface area contributed by atoms with E-state index in [4.69, 9.17) is 9.47 Å². The molecule has 0 amide bonds. The van der Waals surface area contributed by atoms with Crippen molar-refractivity contribution in [3.05, 3.63) is 54.1 Å². The number of rotatable bonds is 23. The maximum Gasteiger partial charge on any atom is 0.330 e. The Hall–Kier alpha value is -2.40. The van der Waals surface area contributed by atoms with Gasteiger partial charge in [-0.1, -0.05) is 114 Å². The van der Waals surface area contributed by atoms with Crippen molar-refractivity contribution < 1.29 is 24.2 Å². The highest BCUT2D eigenvalue weighted by Crippen LogP contribution is 2.11. The molecule has 0 aliphatic rings. The summed E-state index contributed by atoms with van der Waals surface area (Å²) < 4.78 is 10.1. The highest BCUT2D eigenvalue weighted by Gasteiger charge is 2.11. The van der Waals surface area contributed by atoms with Gasteiger partial charge in [-0.05, 0) is 43.7 Å². The third-order valence-corrected chi connectivity index (χ3v) is 6.21. The minimum absolute atomic E-state index is 0.166. The van der Waals surface area contributed by atoms with Gasteiger partial charge in [0.15, 0.2) is 0 Å². The van der Waals surface area contributed by atoms with Crippen LogP contribution in [-0.2, 0) is 19.1 Å². The fraction of sp³-hybridized carbons (Fsp3) is 0.625. The van der Waals surface area contributed by atoms with Gasteiger partial charge in [0.25, 0.3) is 0 Å². The van der Waals surface area contributed by atoms with Crippen molar-refractivity contribution in [3.8, 4) is 0 Å². The first-order valence-electron chi connectivity index (χ1n) is 14.5. The standard InChI is InChI=1S/C32H50O5/c1-2-3-4-5-6-7-8-9-10-11-12-13-14-15-16-17-21-24-31(34)36-27-30(33)28-37-32(35)26-25-29-22-19-18-20-23-29/h10-11,18-20,22-23,25-26,30,33H,2-9,12-17,21,24,27-28H2,1H3/b11-10-,26-25+. The Bertz CT molecular complexity index is 741. The molecular weight excluding hydrogens is 464 g/mol. The lowest BCUT2D eigenvalue weighted by Gasteiger charge is -2.11. The molecule has 0 saturated heterocycles. The first-order valence-corrected chi connectivity index (χ1v) is 14.5. The zero-order valence-electron chi connectivity index (χ0n) is 23.1. The summed E-state index contributed by atoms with van der Waals surface area (Å²) >= 11 is 0. The van der Waals surface area contributed by atoms with Gasteiger partial charge in [-0.3, -0.25) is 4.79 Å². The Kier molecular flexibility index (Phi) is 21.1. The summed E-state index contributed by atoms with van der Waals surface area (Å²) in [6.07, 6.45) is 25.5. The molecule has 0 aliphatic heterocycles. The fourth-order valence-corrected chi connectivity index (χ4v) is 3.96. The van der Waals surface area contributed by atoms with Crippen molar-refractivity contribution in [2.24, 2.45) is 0 Å². The van der Waals surface area contributed by atoms with E-state index in [1.807, 2.05) is 30.3 Å². The second-order valence-electron chi connectivity index (χ2n) is 9.75. The molecule has 1 rings (SSSR count). The van der Waals surface area contributed by atoms with Crippen LogP contribution in [0.3, 0.4) is 0 Å². The molecule has 1 atom stereocenters. The van der Waals surface area contributed by atoms with Crippen molar-refractivity contribution in [3.63, 3.8) is 0 Å². The third kappa shape index (κ3) is 21.4. The molecule has 0 radical (unpaired) electrons. The lowest BCUT2D eigenvalue weighted by Crippen LogP contribution is -2.24. The quantitative estimate of drug-likeness (QED) is 0.0694. The summed E-state index contributed by atoms with van der Waals surface area (Å²) in [6.45, 7) is 1.89. The van der Waals surface area contributed by atoms with Gasteiger partial charge in [0.1, 0.15) is 19.3 Å². The Morgan fingerprint density at radius 3 is 1.92 bits per heavy atom. The Morgan fingerprint density at radius 1 is 0.757 bits per heavy atom. The van der Waals surface area contributed by atoms with E-state index in [-0.39, 0.29) is 19.2 Å². The van der Waals surface area contributed by atoms with E-state index in [1.165, 1.54) is 83.1 Å². The minimum Gasteiger partial charge on any atom is -0.463 e. The number of esters is 2. The molecule has 208 valence electrons. The summed E-state index contributed by atoms with van der Waals surface area (Å²) in [7, 11) is 0. The molecule has 0 aromatic heterocycles. The normalized spacial score (nSPS) is 12.3. The number of hydrogen-bond acceptors (Lipinski definition) is 5. The van der Waals surface area contributed by atoms with Crippen LogP contribution in [0.5, 0.6) is 0 Å². The van der Waals surface area contributed by atoms with Crippen LogP contribution in [-0.4, -0.2) is 36.4 Å². The number of allylic oxidation sites excluding steroid dienone is 2. The van der Waals surface area contributed by atoms with Crippen molar-refractivity contribution >= 4 is 18.0 Å². The van der Waals surface area contributed by atoms with Crippen LogP contribution in [0.4, 0.5) is 0 Å². The molecule has 0 saturated carbocycles. The first kappa shape index (κ1) is 32.6. The molecule has 0 fully saturated rings. The second kappa shape index (κ2) is 24.0. The van der Waals surface area contributed by atoms with E-state index in [9.17, 15) is 14.7 Å². The molecule has 37 heavy (non-hydrogen) atoms. The smallest absolute Gasteiger partial charge is 0.330 e. The van der Waals surface area contributed by atoms with Crippen molar-refractivity contribution in [1.29, 1.82) is 0 Å². The Balaban J connectivity index is 1.88. The number of carbonyl (C=O) groups is 2. The summed E-state index contributed by atoms with van der Waals surface area (Å²) in [5.74, 6) is -0.866. The number of aliphatic hydroxyl groups is 1. The summed E-state index contributed by atoms with van der Waals surface area (Å²) in [5.41, 5.74) is 0.885. The fourth-order valence-electron chi connectivity index (χ4n) is 3.96. The van der Waals surface area contributed by atoms with E-state index in [1.54, 1.807) is 6.08 Å². The van der Waals surface area contributed by atoms with Gasteiger partial charge in [-0.2, -0.15) is 0 Å². The summed E-state index contributed by atoms with van der Waals surface area (Å²) in [4.78, 5) is 23.6. The molecule has 0 bridgehead atoms. The van der Waals surface area contributed by atoms with Gasteiger partial charge in [0.05, 0.1) is 0 Å². The lowest BCUT2D eigenvalue weighted by atomic mass is 10.1. The molecule has 5 heteroatoms. The SMILES string of the molecule is CCCCCCCCC/C=C\CCCCCCCCC(=O)OCC(O)COC(=O)/C=C/c1ccccc1. The van der Waals surface area contributed by atoms with Gasteiger partial charge >= 0.3 is 11.9 Å².